The molecule has 5 rings (SSSR count). The second-order valence-electron chi connectivity index (χ2n) is 8.33. The molecule has 0 atom stereocenters. The molecule has 1 aromatic carbocycles. The fourth-order valence-electron chi connectivity index (χ4n) is 5.95. The Bertz CT molecular complexity index is 617. The molecular weight excluding hydrogens is 317 g/mol. The van der Waals surface area contributed by atoms with Gasteiger partial charge in [-0.25, -0.2) is 4.39 Å². The van der Waals surface area contributed by atoms with Gasteiger partial charge in [0.1, 0.15) is 5.82 Å². The third kappa shape index (κ3) is 3.10. The minimum absolute atomic E-state index is 0.00603. The lowest BCUT2D eigenvalue weighted by molar-refractivity contribution is -0.188. The van der Waals surface area contributed by atoms with E-state index in [0.29, 0.717) is 36.8 Å². The van der Waals surface area contributed by atoms with Crippen molar-refractivity contribution in [1.29, 1.82) is 0 Å². The SMILES string of the molecule is COC1(CNC(=O)CCc2ccccc2F)C2CC3CC(C2)CC1C3. The van der Waals surface area contributed by atoms with Crippen molar-refractivity contribution in [2.24, 2.45) is 23.7 Å². The van der Waals surface area contributed by atoms with Crippen LogP contribution in [0.3, 0.4) is 0 Å². The highest BCUT2D eigenvalue weighted by molar-refractivity contribution is 5.76. The monoisotopic (exact) mass is 345 g/mol. The Morgan fingerprint density at radius 3 is 2.40 bits per heavy atom. The summed E-state index contributed by atoms with van der Waals surface area (Å²) in [7, 11) is 1.81. The van der Waals surface area contributed by atoms with Crippen LogP contribution in [0.4, 0.5) is 4.39 Å². The number of methoxy groups -OCH3 is 1. The van der Waals surface area contributed by atoms with E-state index >= 15 is 0 Å². The van der Waals surface area contributed by atoms with Gasteiger partial charge in [0.2, 0.25) is 5.91 Å². The quantitative estimate of drug-likeness (QED) is 0.853. The Morgan fingerprint density at radius 2 is 1.80 bits per heavy atom. The van der Waals surface area contributed by atoms with E-state index in [9.17, 15) is 9.18 Å². The van der Waals surface area contributed by atoms with Gasteiger partial charge in [0, 0.05) is 20.1 Å². The molecule has 4 aliphatic carbocycles. The molecule has 4 saturated carbocycles. The van der Waals surface area contributed by atoms with Crippen LogP contribution in [0.25, 0.3) is 0 Å². The molecule has 1 amide bonds. The van der Waals surface area contributed by atoms with Crippen molar-refractivity contribution in [3.8, 4) is 0 Å². The summed E-state index contributed by atoms with van der Waals surface area (Å²) in [5.41, 5.74) is 0.426. The highest BCUT2D eigenvalue weighted by atomic mass is 19.1. The average molecular weight is 345 g/mol. The van der Waals surface area contributed by atoms with Gasteiger partial charge in [0.05, 0.1) is 5.60 Å². The maximum Gasteiger partial charge on any atom is 0.220 e. The van der Waals surface area contributed by atoms with Crippen LogP contribution in [0.2, 0.25) is 0 Å². The van der Waals surface area contributed by atoms with E-state index in [-0.39, 0.29) is 17.3 Å². The molecule has 25 heavy (non-hydrogen) atoms. The number of aryl methyl sites for hydroxylation is 1. The molecule has 4 aliphatic rings. The number of halogens is 1. The fourth-order valence-corrected chi connectivity index (χ4v) is 5.95. The van der Waals surface area contributed by atoms with Gasteiger partial charge < -0.3 is 10.1 Å². The molecule has 1 aromatic rings. The lowest BCUT2D eigenvalue weighted by Gasteiger charge is -2.60. The van der Waals surface area contributed by atoms with E-state index in [2.05, 4.69) is 5.32 Å². The van der Waals surface area contributed by atoms with E-state index in [1.54, 1.807) is 12.1 Å². The highest BCUT2D eigenvalue weighted by Crippen LogP contribution is 2.59. The zero-order valence-electron chi connectivity index (χ0n) is 15.0. The predicted molar refractivity (Wildman–Crippen MR) is 94.5 cm³/mol. The average Bonchev–Trinajstić information content (AvgIpc) is 2.60. The van der Waals surface area contributed by atoms with Crippen molar-refractivity contribution in [3.63, 3.8) is 0 Å². The summed E-state index contributed by atoms with van der Waals surface area (Å²) in [5.74, 6) is 2.68. The van der Waals surface area contributed by atoms with Crippen molar-refractivity contribution in [2.45, 2.75) is 50.5 Å². The molecule has 4 fully saturated rings. The number of hydrogen-bond donors (Lipinski definition) is 1. The van der Waals surface area contributed by atoms with Crippen LogP contribution in [0.1, 0.15) is 44.1 Å². The molecule has 3 nitrogen and oxygen atoms in total. The first kappa shape index (κ1) is 17.0. The van der Waals surface area contributed by atoms with Crippen molar-refractivity contribution < 1.29 is 13.9 Å². The largest absolute Gasteiger partial charge is 0.376 e. The van der Waals surface area contributed by atoms with Crippen molar-refractivity contribution in [3.05, 3.63) is 35.6 Å². The van der Waals surface area contributed by atoms with Crippen molar-refractivity contribution in [1.82, 2.24) is 5.32 Å². The third-order valence-corrected chi connectivity index (χ3v) is 7.04. The molecular formula is C21H28FNO2. The van der Waals surface area contributed by atoms with E-state index in [1.165, 1.54) is 38.2 Å². The Balaban J connectivity index is 1.35. The summed E-state index contributed by atoms with van der Waals surface area (Å²) >= 11 is 0. The summed E-state index contributed by atoms with van der Waals surface area (Å²) < 4.78 is 19.7. The van der Waals surface area contributed by atoms with Crippen LogP contribution in [-0.4, -0.2) is 25.2 Å². The van der Waals surface area contributed by atoms with Crippen LogP contribution in [0, 0.1) is 29.5 Å². The molecule has 1 N–H and O–H groups in total. The van der Waals surface area contributed by atoms with Crippen LogP contribution in [0.5, 0.6) is 0 Å². The molecule has 0 aromatic heterocycles. The van der Waals surface area contributed by atoms with E-state index in [0.717, 1.165) is 11.8 Å². The van der Waals surface area contributed by atoms with Gasteiger partial charge in [-0.05, 0) is 73.8 Å². The van der Waals surface area contributed by atoms with Crippen LogP contribution >= 0.6 is 0 Å². The Morgan fingerprint density at radius 1 is 1.16 bits per heavy atom. The van der Waals surface area contributed by atoms with Gasteiger partial charge in [-0.2, -0.15) is 0 Å². The topological polar surface area (TPSA) is 38.3 Å². The Labute approximate surface area is 149 Å². The van der Waals surface area contributed by atoms with Crippen LogP contribution < -0.4 is 5.32 Å². The highest BCUT2D eigenvalue weighted by Gasteiger charge is 2.57. The lowest BCUT2D eigenvalue weighted by Crippen LogP contribution is -2.63. The number of hydrogen-bond acceptors (Lipinski definition) is 2. The summed E-state index contributed by atoms with van der Waals surface area (Å²) in [6, 6.07) is 6.68. The van der Waals surface area contributed by atoms with Gasteiger partial charge in [0.25, 0.3) is 0 Å². The molecule has 0 spiro atoms. The first-order valence-electron chi connectivity index (χ1n) is 9.66. The number of rotatable bonds is 6. The molecule has 0 aliphatic heterocycles. The van der Waals surface area contributed by atoms with Crippen molar-refractivity contribution >= 4 is 5.91 Å². The van der Waals surface area contributed by atoms with Crippen LogP contribution in [-0.2, 0) is 16.0 Å². The summed E-state index contributed by atoms with van der Waals surface area (Å²) in [5, 5.41) is 3.11. The number of benzene rings is 1. The standard InChI is InChI=1S/C21H28FNO2/c1-25-21(17-9-14-8-15(11-17)12-18(21)10-14)13-23-20(24)7-6-16-4-2-3-5-19(16)22/h2-5,14-15,17-18H,6-13H2,1H3,(H,23,24). The molecule has 0 saturated heterocycles. The fraction of sp³-hybridized carbons (Fsp3) is 0.667. The molecule has 136 valence electrons. The summed E-state index contributed by atoms with van der Waals surface area (Å²) in [6.07, 6.45) is 7.19. The molecule has 0 radical (unpaired) electrons. The lowest BCUT2D eigenvalue weighted by atomic mass is 9.49. The maximum absolute atomic E-state index is 13.7. The van der Waals surface area contributed by atoms with Gasteiger partial charge in [-0.1, -0.05) is 18.2 Å². The minimum atomic E-state index is -0.232. The number of amides is 1. The smallest absolute Gasteiger partial charge is 0.220 e. The Hall–Kier alpha value is -1.42. The summed E-state index contributed by atoms with van der Waals surface area (Å²) in [6.45, 7) is 0.606. The van der Waals surface area contributed by atoms with Gasteiger partial charge in [0.15, 0.2) is 0 Å². The molecule has 0 unspecified atom stereocenters. The number of carbonyl (C=O) groups is 1. The van der Waals surface area contributed by atoms with E-state index in [1.807, 2.05) is 13.2 Å². The second kappa shape index (κ2) is 6.71. The predicted octanol–water partition coefficient (Wildman–Crippen LogP) is 3.72. The Kier molecular flexibility index (Phi) is 4.57. The normalized spacial score (nSPS) is 35.8. The number of carbonyl (C=O) groups excluding carboxylic acids is 1. The first-order valence-corrected chi connectivity index (χ1v) is 9.66. The molecule has 0 heterocycles. The van der Waals surface area contributed by atoms with Crippen molar-refractivity contribution in [2.75, 3.05) is 13.7 Å². The van der Waals surface area contributed by atoms with E-state index in [4.69, 9.17) is 4.74 Å². The number of ether oxygens (including phenoxy) is 1. The maximum atomic E-state index is 13.7. The van der Waals surface area contributed by atoms with Gasteiger partial charge >= 0.3 is 0 Å². The number of nitrogens with one attached hydrogen (secondary N) is 1. The summed E-state index contributed by atoms with van der Waals surface area (Å²) in [4.78, 5) is 12.3. The van der Waals surface area contributed by atoms with Crippen LogP contribution in [0.15, 0.2) is 24.3 Å². The second-order valence-corrected chi connectivity index (χ2v) is 8.33. The molecule has 4 heteroatoms. The van der Waals surface area contributed by atoms with Gasteiger partial charge in [-0.3, -0.25) is 4.79 Å². The van der Waals surface area contributed by atoms with Gasteiger partial charge in [-0.15, -0.1) is 0 Å². The minimum Gasteiger partial charge on any atom is -0.376 e. The zero-order chi connectivity index (χ0) is 17.4. The molecule has 4 bridgehead atoms. The van der Waals surface area contributed by atoms with E-state index < -0.39 is 0 Å². The first-order chi connectivity index (χ1) is 12.1. The zero-order valence-corrected chi connectivity index (χ0v) is 15.0. The third-order valence-electron chi connectivity index (χ3n) is 7.04.